The molecule has 5 heteroatoms. The average Bonchev–Trinajstić information content (AvgIpc) is 2.39. The van der Waals surface area contributed by atoms with E-state index in [4.69, 9.17) is 4.74 Å². The highest BCUT2D eigenvalue weighted by Crippen LogP contribution is 2.08. The lowest BCUT2D eigenvalue weighted by atomic mass is 10.0. The predicted molar refractivity (Wildman–Crippen MR) is 74.4 cm³/mol. The molecule has 0 atom stereocenters. The molecule has 0 unspecified atom stereocenters. The molecule has 5 nitrogen and oxygen atoms in total. The van der Waals surface area contributed by atoms with Crippen molar-refractivity contribution in [2.45, 2.75) is 26.7 Å². The normalized spacial score (nSPS) is 9.90. The molecule has 1 N–H and O–H groups in total. The third-order valence-electron chi connectivity index (χ3n) is 2.67. The van der Waals surface area contributed by atoms with E-state index in [0.29, 0.717) is 18.5 Å². The zero-order valence-corrected chi connectivity index (χ0v) is 11.8. The molecule has 108 valence electrons. The number of nitrogens with one attached hydrogen (secondary N) is 1. The summed E-state index contributed by atoms with van der Waals surface area (Å²) >= 11 is 0. The van der Waals surface area contributed by atoms with Crippen LogP contribution < -0.4 is 5.32 Å². The van der Waals surface area contributed by atoms with Crippen molar-refractivity contribution in [1.29, 1.82) is 0 Å². The summed E-state index contributed by atoms with van der Waals surface area (Å²) in [6, 6.07) is 7.01. The van der Waals surface area contributed by atoms with Crippen LogP contribution in [-0.2, 0) is 20.7 Å². The Morgan fingerprint density at radius 3 is 2.35 bits per heavy atom. The molecule has 1 aromatic rings. The highest BCUT2D eigenvalue weighted by molar-refractivity contribution is 6.05. The second-order valence-corrected chi connectivity index (χ2v) is 4.33. The molecule has 0 aliphatic heterocycles. The minimum atomic E-state index is -0.507. The molecule has 0 aromatic heterocycles. The van der Waals surface area contributed by atoms with Crippen molar-refractivity contribution in [3.63, 3.8) is 0 Å². The maximum Gasteiger partial charge on any atom is 0.313 e. The average molecular weight is 277 g/mol. The van der Waals surface area contributed by atoms with Gasteiger partial charge in [-0.2, -0.15) is 0 Å². The number of ketones is 1. The molecule has 0 saturated heterocycles. The van der Waals surface area contributed by atoms with Crippen LogP contribution in [0.3, 0.4) is 0 Å². The topological polar surface area (TPSA) is 72.5 Å². The van der Waals surface area contributed by atoms with Crippen LogP contribution in [-0.4, -0.2) is 30.8 Å². The molecule has 1 rings (SSSR count). The fourth-order valence-corrected chi connectivity index (χ4v) is 1.69. The molecule has 0 saturated carbocycles. The van der Waals surface area contributed by atoms with Crippen LogP contribution in [0.15, 0.2) is 24.3 Å². The van der Waals surface area contributed by atoms with E-state index in [2.05, 4.69) is 5.32 Å². The summed E-state index contributed by atoms with van der Waals surface area (Å²) in [7, 11) is 0. The largest absolute Gasteiger partial charge is 0.466 e. The molecule has 20 heavy (non-hydrogen) atoms. The Bertz CT molecular complexity index is 479. The molecular weight excluding hydrogens is 258 g/mol. The molecule has 0 aliphatic rings. The number of carbonyl (C=O) groups is 3. The van der Waals surface area contributed by atoms with E-state index in [-0.39, 0.29) is 24.7 Å². The van der Waals surface area contributed by atoms with Crippen LogP contribution in [0.4, 0.5) is 0 Å². The first-order valence-corrected chi connectivity index (χ1v) is 6.55. The Hall–Kier alpha value is -2.17. The van der Waals surface area contributed by atoms with Gasteiger partial charge < -0.3 is 10.1 Å². The number of hydrogen-bond acceptors (Lipinski definition) is 4. The van der Waals surface area contributed by atoms with Crippen molar-refractivity contribution in [1.82, 2.24) is 5.32 Å². The lowest BCUT2D eigenvalue weighted by molar-refractivity contribution is -0.142. The summed E-state index contributed by atoms with van der Waals surface area (Å²) < 4.78 is 4.73. The first-order valence-electron chi connectivity index (χ1n) is 6.55. The Labute approximate surface area is 118 Å². The summed E-state index contributed by atoms with van der Waals surface area (Å²) in [5, 5.41) is 2.70. The van der Waals surface area contributed by atoms with Gasteiger partial charge in [-0.25, -0.2) is 0 Å². The van der Waals surface area contributed by atoms with Gasteiger partial charge in [0.2, 0.25) is 5.91 Å². The summed E-state index contributed by atoms with van der Waals surface area (Å²) in [5.74, 6) is -0.824. The number of Topliss-reactive ketones (excluding diaryl/α,β-unsaturated/α-hetero) is 1. The van der Waals surface area contributed by atoms with E-state index >= 15 is 0 Å². The van der Waals surface area contributed by atoms with E-state index < -0.39 is 5.97 Å². The lowest BCUT2D eigenvalue weighted by Crippen LogP contribution is -2.22. The third-order valence-corrected chi connectivity index (χ3v) is 2.67. The minimum absolute atomic E-state index is 0.0637. The monoisotopic (exact) mass is 277 g/mol. The van der Waals surface area contributed by atoms with Gasteiger partial charge in [-0.1, -0.05) is 24.3 Å². The van der Waals surface area contributed by atoms with Gasteiger partial charge in [0, 0.05) is 19.0 Å². The molecule has 0 bridgehead atoms. The minimum Gasteiger partial charge on any atom is -0.466 e. The van der Waals surface area contributed by atoms with E-state index in [1.807, 2.05) is 12.1 Å². The van der Waals surface area contributed by atoms with Crippen molar-refractivity contribution < 1.29 is 19.1 Å². The molecule has 0 spiro atoms. The van der Waals surface area contributed by atoms with Crippen molar-refractivity contribution in [3.8, 4) is 0 Å². The molecule has 1 amide bonds. The highest BCUT2D eigenvalue weighted by Gasteiger charge is 2.12. The third kappa shape index (κ3) is 5.65. The van der Waals surface area contributed by atoms with Gasteiger partial charge in [-0.05, 0) is 18.9 Å². The van der Waals surface area contributed by atoms with Crippen LogP contribution in [0.25, 0.3) is 0 Å². The number of esters is 1. The summed E-state index contributed by atoms with van der Waals surface area (Å²) in [4.78, 5) is 33.7. The quantitative estimate of drug-likeness (QED) is 0.466. The smallest absolute Gasteiger partial charge is 0.313 e. The van der Waals surface area contributed by atoms with Gasteiger partial charge in [0.05, 0.1) is 6.61 Å². The van der Waals surface area contributed by atoms with E-state index in [1.54, 1.807) is 19.1 Å². The first kappa shape index (κ1) is 15.9. The Morgan fingerprint density at radius 2 is 1.80 bits per heavy atom. The van der Waals surface area contributed by atoms with Crippen molar-refractivity contribution in [3.05, 3.63) is 35.4 Å². The number of carbonyl (C=O) groups excluding carboxylic acids is 3. The van der Waals surface area contributed by atoms with Gasteiger partial charge in [0.25, 0.3) is 0 Å². The molecular formula is C15H19NO4. The van der Waals surface area contributed by atoms with Gasteiger partial charge in [-0.3, -0.25) is 14.4 Å². The van der Waals surface area contributed by atoms with Crippen LogP contribution >= 0.6 is 0 Å². The standard InChI is InChI=1S/C15H19NO4/c1-3-20-15(19)10-14(18)13-6-4-12(5-7-13)8-9-16-11(2)17/h4-7H,3,8-10H2,1-2H3,(H,16,17). The molecule has 0 heterocycles. The van der Waals surface area contributed by atoms with E-state index in [1.165, 1.54) is 6.92 Å². The predicted octanol–water partition coefficient (Wildman–Crippen LogP) is 1.50. The number of amides is 1. The highest BCUT2D eigenvalue weighted by atomic mass is 16.5. The van der Waals surface area contributed by atoms with Crippen LogP contribution in [0.2, 0.25) is 0 Å². The Morgan fingerprint density at radius 1 is 1.15 bits per heavy atom. The molecule has 1 aromatic carbocycles. The summed E-state index contributed by atoms with van der Waals surface area (Å²) in [6.07, 6.45) is 0.463. The first-order chi connectivity index (χ1) is 9.52. The van der Waals surface area contributed by atoms with Crippen molar-refractivity contribution in [2.24, 2.45) is 0 Å². The maximum atomic E-state index is 11.8. The number of benzene rings is 1. The van der Waals surface area contributed by atoms with E-state index in [0.717, 1.165) is 5.56 Å². The van der Waals surface area contributed by atoms with Gasteiger partial charge in [-0.15, -0.1) is 0 Å². The van der Waals surface area contributed by atoms with Crippen molar-refractivity contribution >= 4 is 17.7 Å². The number of rotatable bonds is 7. The van der Waals surface area contributed by atoms with Gasteiger partial charge >= 0.3 is 5.97 Å². The SMILES string of the molecule is CCOC(=O)CC(=O)c1ccc(CCNC(C)=O)cc1. The Kier molecular flexibility index (Phi) is 6.43. The second kappa shape index (κ2) is 8.09. The van der Waals surface area contributed by atoms with Gasteiger partial charge in [0.1, 0.15) is 6.42 Å². The maximum absolute atomic E-state index is 11.8. The lowest BCUT2D eigenvalue weighted by Gasteiger charge is -2.05. The number of hydrogen-bond donors (Lipinski definition) is 1. The fourth-order valence-electron chi connectivity index (χ4n) is 1.69. The summed E-state index contributed by atoms with van der Waals surface area (Å²) in [6.45, 7) is 4.00. The van der Waals surface area contributed by atoms with Crippen LogP contribution in [0.1, 0.15) is 36.2 Å². The zero-order chi connectivity index (χ0) is 15.0. The second-order valence-electron chi connectivity index (χ2n) is 4.33. The molecule has 0 aliphatic carbocycles. The molecule has 0 radical (unpaired) electrons. The zero-order valence-electron chi connectivity index (χ0n) is 11.8. The fraction of sp³-hybridized carbons (Fsp3) is 0.400. The van der Waals surface area contributed by atoms with Crippen LogP contribution in [0, 0.1) is 0 Å². The van der Waals surface area contributed by atoms with Crippen LogP contribution in [0.5, 0.6) is 0 Å². The Balaban J connectivity index is 2.51. The van der Waals surface area contributed by atoms with Gasteiger partial charge in [0.15, 0.2) is 5.78 Å². The molecule has 0 fully saturated rings. The van der Waals surface area contributed by atoms with E-state index in [9.17, 15) is 14.4 Å². The summed E-state index contributed by atoms with van der Waals surface area (Å²) in [5.41, 5.74) is 1.51. The number of ether oxygens (including phenoxy) is 1. The van der Waals surface area contributed by atoms with Crippen molar-refractivity contribution in [2.75, 3.05) is 13.2 Å².